The minimum Gasteiger partial charge on any atom is -0.294 e. The fourth-order valence-electron chi connectivity index (χ4n) is 3.18. The number of fused-ring (bicyclic) bond motifs is 1. The van der Waals surface area contributed by atoms with Crippen LogP contribution >= 0.6 is 22.9 Å². The van der Waals surface area contributed by atoms with Crippen molar-refractivity contribution in [2.75, 3.05) is 4.72 Å². The first-order chi connectivity index (χ1) is 14.2. The summed E-state index contributed by atoms with van der Waals surface area (Å²) in [5.74, 6) is 0. The highest BCUT2D eigenvalue weighted by molar-refractivity contribution is 7.92. The molecule has 0 radical (unpaired) electrons. The number of halogens is 1. The molecule has 0 amide bonds. The monoisotopic (exact) mass is 458 g/mol. The number of nitrogens with zero attached hydrogens (tertiary/aromatic N) is 1. The smallest absolute Gasteiger partial charge is 0.294 e. The van der Waals surface area contributed by atoms with Gasteiger partial charge in [-0.1, -0.05) is 47.2 Å². The van der Waals surface area contributed by atoms with Gasteiger partial charge < -0.3 is 0 Å². The van der Waals surface area contributed by atoms with Gasteiger partial charge in [0.2, 0.25) is 0 Å². The zero-order chi connectivity index (χ0) is 21.5. The van der Waals surface area contributed by atoms with E-state index in [1.165, 1.54) is 12.1 Å². The van der Waals surface area contributed by atoms with E-state index in [1.807, 2.05) is 38.1 Å². The molecular weight excluding hydrogens is 440 g/mol. The lowest BCUT2D eigenvalue weighted by molar-refractivity contribution is 0.601. The molecule has 1 N–H and O–H groups in total. The second-order valence-electron chi connectivity index (χ2n) is 7.08. The Morgan fingerprint density at radius 2 is 1.77 bits per heavy atom. The average Bonchev–Trinajstić information content (AvgIpc) is 3.01. The topological polar surface area (TPSA) is 68.2 Å². The summed E-state index contributed by atoms with van der Waals surface area (Å²) >= 11 is 7.24. The fraction of sp³-hybridized carbons (Fsp3) is 0.136. The molecular formula is C22H19ClN2O3S2. The van der Waals surface area contributed by atoms with Crippen LogP contribution in [0.4, 0.5) is 5.69 Å². The Labute approximate surface area is 183 Å². The van der Waals surface area contributed by atoms with Gasteiger partial charge >= 0.3 is 4.87 Å². The third kappa shape index (κ3) is 4.01. The van der Waals surface area contributed by atoms with Crippen molar-refractivity contribution in [3.05, 3.63) is 92.0 Å². The fourth-order valence-corrected chi connectivity index (χ4v) is 5.45. The predicted molar refractivity (Wildman–Crippen MR) is 123 cm³/mol. The SMILES string of the molecule is Cc1ccc(NS(=O)(=O)c2ccc3c(c2)sc(=O)n3Cc2ccccc2Cl)cc1C. The van der Waals surface area contributed by atoms with E-state index in [0.29, 0.717) is 27.5 Å². The summed E-state index contributed by atoms with van der Waals surface area (Å²) in [6, 6.07) is 17.5. The van der Waals surface area contributed by atoms with Gasteiger partial charge in [0.15, 0.2) is 0 Å². The normalized spacial score (nSPS) is 11.7. The number of benzene rings is 3. The van der Waals surface area contributed by atoms with Crippen LogP contribution in [0.1, 0.15) is 16.7 Å². The molecule has 1 heterocycles. The summed E-state index contributed by atoms with van der Waals surface area (Å²) in [6.07, 6.45) is 0. The molecule has 0 atom stereocenters. The van der Waals surface area contributed by atoms with Crippen LogP contribution < -0.4 is 9.60 Å². The van der Waals surface area contributed by atoms with Crippen LogP contribution in [0.2, 0.25) is 5.02 Å². The average molecular weight is 459 g/mol. The maximum Gasteiger partial charge on any atom is 0.308 e. The van der Waals surface area contributed by atoms with Gasteiger partial charge in [-0.2, -0.15) is 0 Å². The van der Waals surface area contributed by atoms with Gasteiger partial charge in [0, 0.05) is 10.7 Å². The number of rotatable bonds is 5. The second kappa shape index (κ2) is 7.91. The summed E-state index contributed by atoms with van der Waals surface area (Å²) in [5.41, 5.74) is 4.09. The van der Waals surface area contributed by atoms with Gasteiger partial charge in [0.05, 0.1) is 21.7 Å². The minimum atomic E-state index is -3.78. The standard InChI is InChI=1S/C22H19ClN2O3S2/c1-14-7-8-17(11-15(14)2)24-30(27,28)18-9-10-20-21(12-18)29-22(26)25(20)13-16-5-3-4-6-19(16)23/h3-12,24H,13H2,1-2H3. The zero-order valence-electron chi connectivity index (χ0n) is 16.3. The van der Waals surface area contributed by atoms with Crippen LogP contribution in [0.5, 0.6) is 0 Å². The van der Waals surface area contributed by atoms with E-state index in [2.05, 4.69) is 4.72 Å². The number of thiazole rings is 1. The highest BCUT2D eigenvalue weighted by Gasteiger charge is 2.18. The molecule has 30 heavy (non-hydrogen) atoms. The van der Waals surface area contributed by atoms with Crippen molar-refractivity contribution in [3.63, 3.8) is 0 Å². The molecule has 0 fully saturated rings. The quantitative estimate of drug-likeness (QED) is 0.448. The van der Waals surface area contributed by atoms with E-state index in [0.717, 1.165) is 28.0 Å². The van der Waals surface area contributed by atoms with Crippen LogP contribution in [0.3, 0.4) is 0 Å². The summed E-state index contributed by atoms with van der Waals surface area (Å²) in [6.45, 7) is 4.22. The summed E-state index contributed by atoms with van der Waals surface area (Å²) in [4.78, 5) is 12.5. The van der Waals surface area contributed by atoms with Crippen molar-refractivity contribution in [2.45, 2.75) is 25.3 Å². The molecule has 0 aliphatic carbocycles. The largest absolute Gasteiger partial charge is 0.308 e. The van der Waals surface area contributed by atoms with Crippen LogP contribution in [-0.4, -0.2) is 13.0 Å². The number of nitrogens with one attached hydrogen (secondary N) is 1. The van der Waals surface area contributed by atoms with E-state index in [-0.39, 0.29) is 9.77 Å². The minimum absolute atomic E-state index is 0.111. The third-order valence-corrected chi connectivity index (χ3v) is 7.69. The summed E-state index contributed by atoms with van der Waals surface area (Å²) < 4.78 is 30.5. The van der Waals surface area contributed by atoms with E-state index in [1.54, 1.807) is 28.8 Å². The van der Waals surface area contributed by atoms with Gasteiger partial charge in [-0.15, -0.1) is 0 Å². The number of anilines is 1. The Morgan fingerprint density at radius 1 is 1.00 bits per heavy atom. The molecule has 0 aliphatic rings. The van der Waals surface area contributed by atoms with Gasteiger partial charge in [-0.25, -0.2) is 8.42 Å². The first kappa shape index (κ1) is 20.7. The summed E-state index contributed by atoms with van der Waals surface area (Å²) in [7, 11) is -3.78. The van der Waals surface area contributed by atoms with Crippen LogP contribution in [0, 0.1) is 13.8 Å². The van der Waals surface area contributed by atoms with Crippen molar-refractivity contribution in [1.82, 2.24) is 4.57 Å². The lowest BCUT2D eigenvalue weighted by Gasteiger charge is -2.10. The number of hydrogen-bond acceptors (Lipinski definition) is 4. The molecule has 0 saturated heterocycles. The Hall–Kier alpha value is -2.61. The molecule has 1 aromatic heterocycles. The molecule has 4 rings (SSSR count). The highest BCUT2D eigenvalue weighted by atomic mass is 35.5. The molecule has 0 saturated carbocycles. The lowest BCUT2D eigenvalue weighted by atomic mass is 10.1. The van der Waals surface area contributed by atoms with Crippen LogP contribution in [0.25, 0.3) is 10.2 Å². The Bertz CT molecular complexity index is 1420. The zero-order valence-corrected chi connectivity index (χ0v) is 18.7. The molecule has 4 aromatic rings. The molecule has 0 unspecified atom stereocenters. The maximum atomic E-state index is 12.9. The molecule has 0 spiro atoms. The second-order valence-corrected chi connectivity index (χ2v) is 10.2. The molecule has 0 bridgehead atoms. The van der Waals surface area contributed by atoms with E-state index in [4.69, 9.17) is 11.6 Å². The van der Waals surface area contributed by atoms with Crippen molar-refractivity contribution in [2.24, 2.45) is 0 Å². The van der Waals surface area contributed by atoms with Gasteiger partial charge in [0.1, 0.15) is 0 Å². The van der Waals surface area contributed by atoms with E-state index in [9.17, 15) is 13.2 Å². The molecule has 3 aromatic carbocycles. The number of sulfonamides is 1. The van der Waals surface area contributed by atoms with Crippen molar-refractivity contribution >= 4 is 48.9 Å². The number of hydrogen-bond donors (Lipinski definition) is 1. The Balaban J connectivity index is 1.69. The van der Waals surface area contributed by atoms with Crippen molar-refractivity contribution in [1.29, 1.82) is 0 Å². The van der Waals surface area contributed by atoms with E-state index >= 15 is 0 Å². The number of aryl methyl sites for hydroxylation is 2. The Kier molecular flexibility index (Phi) is 5.44. The Morgan fingerprint density at radius 3 is 2.50 bits per heavy atom. The van der Waals surface area contributed by atoms with E-state index < -0.39 is 10.0 Å². The number of aromatic nitrogens is 1. The first-order valence-corrected chi connectivity index (χ1v) is 11.9. The molecule has 0 aliphatic heterocycles. The molecule has 154 valence electrons. The predicted octanol–water partition coefficient (Wildman–Crippen LogP) is 5.18. The maximum absolute atomic E-state index is 12.9. The highest BCUT2D eigenvalue weighted by Crippen LogP contribution is 2.26. The third-order valence-electron chi connectivity index (χ3n) is 5.00. The van der Waals surface area contributed by atoms with Gasteiger partial charge in [-0.3, -0.25) is 14.1 Å². The van der Waals surface area contributed by atoms with Crippen LogP contribution in [-0.2, 0) is 16.6 Å². The van der Waals surface area contributed by atoms with Gasteiger partial charge in [0.25, 0.3) is 10.0 Å². The van der Waals surface area contributed by atoms with Crippen LogP contribution in [0.15, 0.2) is 70.4 Å². The molecule has 8 heteroatoms. The molecule has 5 nitrogen and oxygen atoms in total. The summed E-state index contributed by atoms with van der Waals surface area (Å²) in [5, 5.41) is 0.584. The lowest BCUT2D eigenvalue weighted by Crippen LogP contribution is -2.14. The van der Waals surface area contributed by atoms with Crippen molar-refractivity contribution in [3.8, 4) is 0 Å². The van der Waals surface area contributed by atoms with Crippen molar-refractivity contribution < 1.29 is 8.42 Å². The first-order valence-electron chi connectivity index (χ1n) is 9.21. The van der Waals surface area contributed by atoms with Gasteiger partial charge in [-0.05, 0) is 66.9 Å².